The van der Waals surface area contributed by atoms with E-state index in [-0.39, 0.29) is 0 Å². The summed E-state index contributed by atoms with van der Waals surface area (Å²) in [7, 11) is 0. The monoisotopic (exact) mass is 726 g/mol. The van der Waals surface area contributed by atoms with Gasteiger partial charge in [-0.3, -0.25) is 0 Å². The van der Waals surface area contributed by atoms with Crippen LogP contribution < -0.4 is 0 Å². The molecule has 0 aromatic heterocycles. The molecule has 0 spiro atoms. The number of aliphatic hydroxyl groups excluding tert-OH is 2. The van der Waals surface area contributed by atoms with E-state index in [4.69, 9.17) is 0 Å². The number of halogens is 2. The summed E-state index contributed by atoms with van der Waals surface area (Å²) in [6.45, 7) is 16.2. The number of hydrogen-bond donors (Lipinski definition) is 2. The Morgan fingerprint density at radius 1 is 0.381 bits per heavy atom. The molecular formula is C36H76Br2N2O2+2. The predicted octanol–water partition coefficient (Wildman–Crippen LogP) is 10.7. The quantitative estimate of drug-likeness (QED) is 0.0306. The molecule has 0 saturated heterocycles. The maximum atomic E-state index is 9.65. The predicted molar refractivity (Wildman–Crippen MR) is 194 cm³/mol. The molecule has 0 rings (SSSR count). The molecule has 42 heavy (non-hydrogen) atoms. The van der Waals surface area contributed by atoms with Crippen LogP contribution in [0.1, 0.15) is 169 Å². The minimum atomic E-state index is 0.298. The second kappa shape index (κ2) is 29.2. The van der Waals surface area contributed by atoms with Crippen molar-refractivity contribution in [3.63, 3.8) is 0 Å². The zero-order valence-corrected chi connectivity index (χ0v) is 32.1. The van der Waals surface area contributed by atoms with Gasteiger partial charge in [-0.05, 0) is 70.4 Å². The minimum Gasteiger partial charge on any atom is -0.391 e. The van der Waals surface area contributed by atoms with Crippen LogP contribution in [0.5, 0.6) is 0 Å². The van der Waals surface area contributed by atoms with Gasteiger partial charge >= 0.3 is 0 Å². The second-order valence-corrected chi connectivity index (χ2v) is 15.4. The van der Waals surface area contributed by atoms with Gasteiger partial charge in [0.1, 0.15) is 23.0 Å². The first-order chi connectivity index (χ1) is 20.4. The van der Waals surface area contributed by atoms with Gasteiger partial charge in [0.25, 0.3) is 0 Å². The summed E-state index contributed by atoms with van der Waals surface area (Å²) < 4.78 is 2.10. The first-order valence-corrected chi connectivity index (χ1v) is 20.5. The normalized spacial score (nSPS) is 14.0. The van der Waals surface area contributed by atoms with Gasteiger partial charge in [0, 0.05) is 12.8 Å². The van der Waals surface area contributed by atoms with Crippen molar-refractivity contribution in [1.82, 2.24) is 0 Å². The smallest absolute Gasteiger partial charge is 0.144 e. The van der Waals surface area contributed by atoms with E-state index in [0.717, 1.165) is 22.1 Å². The maximum Gasteiger partial charge on any atom is 0.144 e. The standard InChI is InChI=1S/C36H76Br2N2O2/c1-5-27-39(28-6-2,31-33-41)35(37)25-23-21-19-17-15-13-11-9-10-12-14-16-18-20-22-24-26-36(38)40(29-7-3,30-8-4)32-34-42/h35-36,41-42H,5-34H2,1-4H3/q+2. The number of alkyl halides is 2. The summed E-state index contributed by atoms with van der Waals surface area (Å²) in [6.07, 6.45) is 29.6. The highest BCUT2D eigenvalue weighted by atomic mass is 79.9. The van der Waals surface area contributed by atoms with Crippen LogP contribution in [0.4, 0.5) is 0 Å². The summed E-state index contributed by atoms with van der Waals surface area (Å²) in [5.74, 6) is 0. The lowest BCUT2D eigenvalue weighted by Gasteiger charge is -2.42. The first-order valence-electron chi connectivity index (χ1n) is 18.6. The lowest BCUT2D eigenvalue weighted by atomic mass is 10.0. The molecule has 254 valence electrons. The van der Waals surface area contributed by atoms with Crippen molar-refractivity contribution in [2.75, 3.05) is 52.5 Å². The largest absolute Gasteiger partial charge is 0.391 e. The van der Waals surface area contributed by atoms with Crippen LogP contribution in [0.25, 0.3) is 0 Å². The summed E-state index contributed by atoms with van der Waals surface area (Å²) in [5, 5.41) is 19.3. The van der Waals surface area contributed by atoms with Crippen LogP contribution >= 0.6 is 31.9 Å². The first kappa shape index (κ1) is 42.8. The molecule has 0 saturated carbocycles. The molecule has 2 N–H and O–H groups in total. The minimum absolute atomic E-state index is 0.298. The van der Waals surface area contributed by atoms with E-state index in [1.54, 1.807) is 0 Å². The van der Waals surface area contributed by atoms with E-state index in [0.29, 0.717) is 23.1 Å². The van der Waals surface area contributed by atoms with Crippen molar-refractivity contribution in [3.8, 4) is 0 Å². The molecular weight excluding hydrogens is 652 g/mol. The Morgan fingerprint density at radius 2 is 0.595 bits per heavy atom. The Bertz CT molecular complexity index is 484. The summed E-state index contributed by atoms with van der Waals surface area (Å²) in [6, 6.07) is 0. The summed E-state index contributed by atoms with van der Waals surface area (Å²) in [4.78, 5) is 0.992. The molecule has 0 amide bonds. The van der Waals surface area contributed by atoms with Crippen molar-refractivity contribution >= 4 is 31.9 Å². The van der Waals surface area contributed by atoms with Crippen LogP contribution in [-0.2, 0) is 0 Å². The van der Waals surface area contributed by atoms with Crippen molar-refractivity contribution < 1.29 is 19.2 Å². The summed E-state index contributed by atoms with van der Waals surface area (Å²) >= 11 is 8.06. The molecule has 0 fully saturated rings. The molecule has 2 atom stereocenters. The van der Waals surface area contributed by atoms with E-state index < -0.39 is 0 Å². The molecule has 0 aromatic rings. The molecule has 2 unspecified atom stereocenters. The zero-order chi connectivity index (χ0) is 31.4. The molecule has 6 heteroatoms. The molecule has 0 heterocycles. The molecule has 4 nitrogen and oxygen atoms in total. The fraction of sp³-hybridized carbons (Fsp3) is 1.00. The van der Waals surface area contributed by atoms with Gasteiger partial charge in [-0.15, -0.1) is 0 Å². The number of nitrogens with zero attached hydrogens (tertiary/aromatic N) is 2. The van der Waals surface area contributed by atoms with Gasteiger partial charge in [-0.2, -0.15) is 0 Å². The number of rotatable bonds is 33. The Kier molecular flexibility index (Phi) is 29.8. The average Bonchev–Trinajstić information content (AvgIpc) is 2.97. The van der Waals surface area contributed by atoms with Crippen LogP contribution in [0.2, 0.25) is 0 Å². The Hall–Kier alpha value is 0.800. The highest BCUT2D eigenvalue weighted by Crippen LogP contribution is 2.27. The van der Waals surface area contributed by atoms with Crippen LogP contribution in [0, 0.1) is 0 Å². The lowest BCUT2D eigenvalue weighted by Crippen LogP contribution is -2.55. The van der Waals surface area contributed by atoms with Crippen LogP contribution in [0.3, 0.4) is 0 Å². The van der Waals surface area contributed by atoms with E-state index in [1.165, 1.54) is 167 Å². The molecule has 0 aliphatic rings. The van der Waals surface area contributed by atoms with Crippen molar-refractivity contribution in [3.05, 3.63) is 0 Å². The van der Waals surface area contributed by atoms with Crippen molar-refractivity contribution in [2.24, 2.45) is 0 Å². The van der Waals surface area contributed by atoms with Gasteiger partial charge in [0.05, 0.1) is 39.4 Å². The third-order valence-electron chi connectivity index (χ3n) is 9.59. The average molecular weight is 729 g/mol. The van der Waals surface area contributed by atoms with E-state index >= 15 is 0 Å². The number of quaternary nitrogens is 2. The number of aliphatic hydroxyl groups is 2. The van der Waals surface area contributed by atoms with Gasteiger partial charge < -0.3 is 19.2 Å². The Balaban J connectivity index is 3.70. The molecule has 0 aliphatic carbocycles. The van der Waals surface area contributed by atoms with Crippen molar-refractivity contribution in [1.29, 1.82) is 0 Å². The van der Waals surface area contributed by atoms with Crippen LogP contribution in [0.15, 0.2) is 0 Å². The summed E-state index contributed by atoms with van der Waals surface area (Å²) in [5.41, 5.74) is 0. The van der Waals surface area contributed by atoms with Gasteiger partial charge in [-0.1, -0.05) is 118 Å². The maximum absolute atomic E-state index is 9.65. The number of unbranched alkanes of at least 4 members (excludes halogenated alkanes) is 15. The third-order valence-corrected chi connectivity index (χ3v) is 12.2. The van der Waals surface area contributed by atoms with Crippen LogP contribution in [-0.4, -0.2) is 81.6 Å². The Labute approximate surface area is 281 Å². The van der Waals surface area contributed by atoms with E-state index in [2.05, 4.69) is 59.6 Å². The highest BCUT2D eigenvalue weighted by molar-refractivity contribution is 9.09. The molecule has 0 bridgehead atoms. The van der Waals surface area contributed by atoms with Gasteiger partial charge in [-0.25, -0.2) is 0 Å². The molecule has 0 radical (unpaired) electrons. The topological polar surface area (TPSA) is 40.5 Å². The molecule has 0 aromatic carbocycles. The zero-order valence-electron chi connectivity index (χ0n) is 28.9. The van der Waals surface area contributed by atoms with Gasteiger partial charge in [0.15, 0.2) is 0 Å². The van der Waals surface area contributed by atoms with E-state index in [1.807, 2.05) is 0 Å². The third kappa shape index (κ3) is 19.3. The lowest BCUT2D eigenvalue weighted by molar-refractivity contribution is -0.936. The van der Waals surface area contributed by atoms with Gasteiger partial charge in [0.2, 0.25) is 0 Å². The second-order valence-electron chi connectivity index (χ2n) is 13.3. The SMILES string of the molecule is CCC[N+](CCC)(CCO)C(Br)CCCCCCCCCCCCCCCCCCC(Br)[N+](CCC)(CCC)CCO. The number of hydrogen-bond acceptors (Lipinski definition) is 2. The Morgan fingerprint density at radius 3 is 0.786 bits per heavy atom. The van der Waals surface area contributed by atoms with Crippen molar-refractivity contribution in [2.45, 2.75) is 179 Å². The fourth-order valence-electron chi connectivity index (χ4n) is 7.34. The van der Waals surface area contributed by atoms with E-state index in [9.17, 15) is 10.2 Å². The highest BCUT2D eigenvalue weighted by Gasteiger charge is 2.33. The molecule has 0 aliphatic heterocycles. The fourth-order valence-corrected chi connectivity index (χ4v) is 9.22.